The van der Waals surface area contributed by atoms with Crippen molar-refractivity contribution in [1.29, 1.82) is 0 Å². The summed E-state index contributed by atoms with van der Waals surface area (Å²) in [4.78, 5) is 12.0. The predicted octanol–water partition coefficient (Wildman–Crippen LogP) is 0.400. The fraction of sp³-hybridized carbons (Fsp3) is 0.409. The third-order valence-corrected chi connectivity index (χ3v) is 4.99. The lowest BCUT2D eigenvalue weighted by Gasteiger charge is -2.40. The van der Waals surface area contributed by atoms with E-state index in [0.717, 1.165) is 0 Å². The van der Waals surface area contributed by atoms with Gasteiger partial charge in [-0.1, -0.05) is 30.3 Å². The normalized spacial score (nSPS) is 26.2. The number of aliphatic hydroxyl groups excluding tert-OH is 4. The lowest BCUT2D eigenvalue weighted by molar-refractivity contribution is -0.231. The van der Waals surface area contributed by atoms with Crippen LogP contribution in [0, 0.1) is 0 Å². The summed E-state index contributed by atoms with van der Waals surface area (Å²) >= 11 is 0. The Morgan fingerprint density at radius 2 is 1.77 bits per heavy atom. The summed E-state index contributed by atoms with van der Waals surface area (Å²) in [6, 6.07) is 15.8. The molecule has 1 aliphatic rings. The highest BCUT2D eigenvalue weighted by Crippen LogP contribution is 2.33. The van der Waals surface area contributed by atoms with Crippen molar-refractivity contribution < 1.29 is 34.7 Å². The maximum atomic E-state index is 12.0. The van der Waals surface area contributed by atoms with Gasteiger partial charge in [0.05, 0.1) is 13.2 Å². The van der Waals surface area contributed by atoms with E-state index in [2.05, 4.69) is 5.32 Å². The quantitative estimate of drug-likeness (QED) is 0.393. The maximum Gasteiger partial charge on any atom is 0.251 e. The SMILES string of the molecule is O=C(NCCCOc1cccc(C2O[C@H](CO)[C@@H](O)[C@H](O)[C@@H]2O)c1)c1ccccc1. The highest BCUT2D eigenvalue weighted by molar-refractivity contribution is 5.94. The molecule has 0 radical (unpaired) electrons. The second kappa shape index (κ2) is 10.5. The van der Waals surface area contributed by atoms with Gasteiger partial charge in [0.1, 0.15) is 36.3 Å². The topological polar surface area (TPSA) is 128 Å². The molecule has 5 atom stereocenters. The monoisotopic (exact) mass is 417 g/mol. The summed E-state index contributed by atoms with van der Waals surface area (Å²) < 4.78 is 11.3. The first-order valence-electron chi connectivity index (χ1n) is 9.88. The number of amides is 1. The van der Waals surface area contributed by atoms with E-state index >= 15 is 0 Å². The van der Waals surface area contributed by atoms with Gasteiger partial charge < -0.3 is 35.2 Å². The van der Waals surface area contributed by atoms with Gasteiger partial charge in [0.2, 0.25) is 0 Å². The van der Waals surface area contributed by atoms with Crippen molar-refractivity contribution in [2.75, 3.05) is 19.8 Å². The van der Waals surface area contributed by atoms with E-state index in [1.807, 2.05) is 6.07 Å². The predicted molar refractivity (Wildman–Crippen MR) is 108 cm³/mol. The van der Waals surface area contributed by atoms with Crippen LogP contribution < -0.4 is 10.1 Å². The number of nitrogens with one attached hydrogen (secondary N) is 1. The van der Waals surface area contributed by atoms with E-state index in [0.29, 0.717) is 36.4 Å². The Hall–Kier alpha value is -2.49. The Balaban J connectivity index is 1.50. The first-order chi connectivity index (χ1) is 14.5. The molecule has 2 aromatic rings. The molecule has 0 saturated carbocycles. The van der Waals surface area contributed by atoms with Crippen LogP contribution in [-0.2, 0) is 4.74 Å². The molecule has 1 saturated heterocycles. The van der Waals surface area contributed by atoms with Gasteiger partial charge in [-0.05, 0) is 36.2 Å². The highest BCUT2D eigenvalue weighted by atomic mass is 16.5. The van der Waals surface area contributed by atoms with Gasteiger partial charge in [0.25, 0.3) is 5.91 Å². The molecule has 0 aromatic heterocycles. The fourth-order valence-corrected chi connectivity index (χ4v) is 3.31. The number of ether oxygens (including phenoxy) is 2. The third-order valence-electron chi connectivity index (χ3n) is 4.99. The molecule has 3 rings (SSSR count). The van der Waals surface area contributed by atoms with E-state index in [-0.39, 0.29) is 5.91 Å². The smallest absolute Gasteiger partial charge is 0.251 e. The second-order valence-electron chi connectivity index (χ2n) is 7.15. The zero-order chi connectivity index (χ0) is 21.5. The first kappa shape index (κ1) is 22.2. The van der Waals surface area contributed by atoms with Crippen LogP contribution in [0.25, 0.3) is 0 Å². The number of aliphatic hydroxyl groups is 4. The maximum absolute atomic E-state index is 12.0. The number of hydrogen-bond acceptors (Lipinski definition) is 7. The van der Waals surface area contributed by atoms with Crippen LogP contribution in [0.15, 0.2) is 54.6 Å². The Bertz CT molecular complexity index is 814. The highest BCUT2D eigenvalue weighted by Gasteiger charge is 2.43. The van der Waals surface area contributed by atoms with Crippen LogP contribution in [0.5, 0.6) is 5.75 Å². The van der Waals surface area contributed by atoms with Crippen molar-refractivity contribution in [2.45, 2.75) is 36.9 Å². The average molecular weight is 417 g/mol. The first-order valence-corrected chi connectivity index (χ1v) is 9.88. The summed E-state index contributed by atoms with van der Waals surface area (Å²) in [7, 11) is 0. The van der Waals surface area contributed by atoms with Crippen LogP contribution >= 0.6 is 0 Å². The zero-order valence-electron chi connectivity index (χ0n) is 16.4. The molecule has 1 unspecified atom stereocenters. The number of carbonyl (C=O) groups excluding carboxylic acids is 1. The minimum Gasteiger partial charge on any atom is -0.494 e. The lowest BCUT2D eigenvalue weighted by Crippen LogP contribution is -2.55. The van der Waals surface area contributed by atoms with Crippen molar-refractivity contribution in [3.05, 3.63) is 65.7 Å². The van der Waals surface area contributed by atoms with Crippen LogP contribution in [0.2, 0.25) is 0 Å². The fourth-order valence-electron chi connectivity index (χ4n) is 3.31. The molecule has 162 valence electrons. The van der Waals surface area contributed by atoms with Crippen LogP contribution in [-0.4, -0.2) is 70.5 Å². The molecule has 2 aromatic carbocycles. The molecule has 1 heterocycles. The molecule has 1 aliphatic heterocycles. The molecule has 8 nitrogen and oxygen atoms in total. The number of benzene rings is 2. The molecule has 1 amide bonds. The molecule has 1 fully saturated rings. The van der Waals surface area contributed by atoms with Crippen LogP contribution in [0.4, 0.5) is 0 Å². The van der Waals surface area contributed by atoms with Crippen LogP contribution in [0.3, 0.4) is 0 Å². The van der Waals surface area contributed by atoms with Gasteiger partial charge in [-0.3, -0.25) is 4.79 Å². The second-order valence-corrected chi connectivity index (χ2v) is 7.15. The van der Waals surface area contributed by atoms with Gasteiger partial charge in [-0.15, -0.1) is 0 Å². The number of carbonyl (C=O) groups is 1. The summed E-state index contributed by atoms with van der Waals surface area (Å²) in [6.07, 6.45) is -5.44. The average Bonchev–Trinajstić information content (AvgIpc) is 2.78. The Kier molecular flexibility index (Phi) is 7.78. The number of rotatable bonds is 8. The number of hydrogen-bond donors (Lipinski definition) is 5. The van der Waals surface area contributed by atoms with Crippen molar-refractivity contribution in [3.8, 4) is 5.75 Å². The summed E-state index contributed by atoms with van der Waals surface area (Å²) in [5.41, 5.74) is 1.16. The molecule has 0 aliphatic carbocycles. The van der Waals surface area contributed by atoms with Crippen molar-refractivity contribution in [3.63, 3.8) is 0 Å². The summed E-state index contributed by atoms with van der Waals surface area (Å²) in [6.45, 7) is 0.347. The minimum atomic E-state index is -1.43. The Labute approximate surface area is 174 Å². The largest absolute Gasteiger partial charge is 0.494 e. The molecule has 30 heavy (non-hydrogen) atoms. The molecule has 5 N–H and O–H groups in total. The van der Waals surface area contributed by atoms with E-state index in [4.69, 9.17) is 9.47 Å². The van der Waals surface area contributed by atoms with Gasteiger partial charge in [0, 0.05) is 12.1 Å². The molecule has 0 spiro atoms. The lowest BCUT2D eigenvalue weighted by atomic mass is 9.91. The Morgan fingerprint density at radius 1 is 1.00 bits per heavy atom. The van der Waals surface area contributed by atoms with E-state index in [1.165, 1.54) is 0 Å². The van der Waals surface area contributed by atoms with Gasteiger partial charge in [-0.25, -0.2) is 0 Å². The van der Waals surface area contributed by atoms with Crippen molar-refractivity contribution in [2.24, 2.45) is 0 Å². The zero-order valence-corrected chi connectivity index (χ0v) is 16.4. The van der Waals surface area contributed by atoms with Crippen molar-refractivity contribution >= 4 is 5.91 Å². The Morgan fingerprint density at radius 3 is 2.50 bits per heavy atom. The molecule has 8 heteroatoms. The van der Waals surface area contributed by atoms with E-state index in [1.54, 1.807) is 48.5 Å². The standard InChI is InChI=1S/C22H27NO7/c24-13-17-18(25)19(26)20(27)21(30-17)15-8-4-9-16(12-15)29-11-5-10-23-22(28)14-6-2-1-3-7-14/h1-4,6-9,12,17-21,24-27H,5,10-11,13H2,(H,23,28)/t17-,18-,19+,20+,21?/m1/s1. The van der Waals surface area contributed by atoms with Crippen LogP contribution in [0.1, 0.15) is 28.4 Å². The molecular weight excluding hydrogens is 390 g/mol. The minimum absolute atomic E-state index is 0.139. The summed E-state index contributed by atoms with van der Waals surface area (Å²) in [5.74, 6) is 0.402. The molecule has 0 bridgehead atoms. The van der Waals surface area contributed by atoms with Gasteiger partial charge in [0.15, 0.2) is 0 Å². The van der Waals surface area contributed by atoms with Crippen molar-refractivity contribution in [1.82, 2.24) is 5.32 Å². The van der Waals surface area contributed by atoms with Gasteiger partial charge in [-0.2, -0.15) is 0 Å². The van der Waals surface area contributed by atoms with Gasteiger partial charge >= 0.3 is 0 Å². The summed E-state index contributed by atoms with van der Waals surface area (Å²) in [5, 5.41) is 42.3. The molecular formula is C22H27NO7. The van der Waals surface area contributed by atoms with E-state index in [9.17, 15) is 25.2 Å². The van der Waals surface area contributed by atoms with E-state index < -0.39 is 37.1 Å². The third kappa shape index (κ3) is 5.35.